The van der Waals surface area contributed by atoms with Crippen LogP contribution in [0.4, 0.5) is 0 Å². The number of phosphoric ester groups is 1. The zero-order valence-electron chi connectivity index (χ0n) is 23.3. The molecule has 0 amide bonds. The minimum Gasteiger partial charge on any atom is -0.379 e. The number of hydrogen-bond donors (Lipinski definition) is 0. The summed E-state index contributed by atoms with van der Waals surface area (Å²) in [5.74, 6) is 0. The predicted molar refractivity (Wildman–Crippen MR) is 141 cm³/mol. The molecule has 9 nitrogen and oxygen atoms in total. The van der Waals surface area contributed by atoms with E-state index in [4.69, 9.17) is 37.3 Å². The number of rotatable bonds is 17. The van der Waals surface area contributed by atoms with Gasteiger partial charge in [-0.15, -0.1) is 0 Å². The lowest BCUT2D eigenvalue weighted by molar-refractivity contribution is -0.323. The molecule has 10 heteroatoms. The Balaban J connectivity index is 1.86. The highest BCUT2D eigenvalue weighted by Crippen LogP contribution is 2.54. The molecule has 0 aromatic rings. The van der Waals surface area contributed by atoms with E-state index in [-0.39, 0.29) is 6.10 Å². The van der Waals surface area contributed by atoms with Crippen LogP contribution in [-0.2, 0) is 41.8 Å². The van der Waals surface area contributed by atoms with E-state index in [9.17, 15) is 4.57 Å². The summed E-state index contributed by atoms with van der Waals surface area (Å²) < 4.78 is 62.5. The van der Waals surface area contributed by atoms with Gasteiger partial charge in [0.1, 0.15) is 24.4 Å². The fraction of sp³-hybridized carbons (Fsp3) is 1.00. The van der Waals surface area contributed by atoms with E-state index in [1.807, 2.05) is 0 Å². The van der Waals surface area contributed by atoms with Crippen LogP contribution in [0.5, 0.6) is 0 Å². The molecule has 0 bridgehead atoms. The summed E-state index contributed by atoms with van der Waals surface area (Å²) in [5.41, 5.74) is 0. The summed E-state index contributed by atoms with van der Waals surface area (Å²) in [7, 11) is -3.78. The second kappa shape index (κ2) is 17.6. The molecule has 2 aliphatic heterocycles. The van der Waals surface area contributed by atoms with Crippen LogP contribution in [0.3, 0.4) is 0 Å². The Labute approximate surface area is 224 Å². The Morgan fingerprint density at radius 3 is 2.03 bits per heavy atom. The van der Waals surface area contributed by atoms with Gasteiger partial charge >= 0.3 is 7.82 Å². The molecule has 0 spiro atoms. The summed E-state index contributed by atoms with van der Waals surface area (Å²) in [6.45, 7) is 9.16. The zero-order chi connectivity index (χ0) is 26.3. The molecule has 1 saturated carbocycles. The van der Waals surface area contributed by atoms with Crippen molar-refractivity contribution in [3.63, 3.8) is 0 Å². The van der Waals surface area contributed by atoms with Gasteiger partial charge in [0.05, 0.1) is 25.9 Å². The quantitative estimate of drug-likeness (QED) is 0.156. The van der Waals surface area contributed by atoms with Crippen molar-refractivity contribution in [1.29, 1.82) is 0 Å². The van der Waals surface area contributed by atoms with Gasteiger partial charge in [-0.2, -0.15) is 0 Å². The number of unbranched alkanes of at least 4 members (excludes halogenated alkanes) is 3. The van der Waals surface area contributed by atoms with Gasteiger partial charge in [0.25, 0.3) is 0 Å². The molecule has 3 rings (SSSR count). The van der Waals surface area contributed by atoms with Crippen LogP contribution < -0.4 is 0 Å². The molecule has 218 valence electrons. The van der Waals surface area contributed by atoms with Crippen LogP contribution >= 0.6 is 7.82 Å². The largest absolute Gasteiger partial charge is 0.475 e. The first-order valence-electron chi connectivity index (χ1n) is 14.8. The fourth-order valence-corrected chi connectivity index (χ4v) is 6.27. The highest BCUT2D eigenvalue weighted by molar-refractivity contribution is 7.48. The fourth-order valence-electron chi connectivity index (χ4n) is 4.85. The second-order valence-electron chi connectivity index (χ2n) is 10.3. The summed E-state index contributed by atoms with van der Waals surface area (Å²) in [4.78, 5) is 0. The monoisotopic (exact) mass is 550 g/mol. The Morgan fingerprint density at radius 2 is 1.38 bits per heavy atom. The maximum atomic E-state index is 13.4. The van der Waals surface area contributed by atoms with E-state index in [1.54, 1.807) is 0 Å². The number of ether oxygens (including phenoxy) is 5. The van der Waals surface area contributed by atoms with Crippen LogP contribution in [0.15, 0.2) is 0 Å². The van der Waals surface area contributed by atoms with Crippen molar-refractivity contribution in [1.82, 2.24) is 0 Å². The molecule has 0 N–H and O–H groups in total. The molecular formula is C27H51O9P. The molecule has 0 radical (unpaired) electrons. The van der Waals surface area contributed by atoms with Crippen molar-refractivity contribution in [3.05, 3.63) is 0 Å². The van der Waals surface area contributed by atoms with E-state index in [1.165, 1.54) is 6.42 Å². The first-order valence-corrected chi connectivity index (χ1v) is 16.3. The number of phosphoric acid groups is 1. The highest BCUT2D eigenvalue weighted by Gasteiger charge is 2.52. The Kier molecular flexibility index (Phi) is 14.9. The van der Waals surface area contributed by atoms with Gasteiger partial charge in [0, 0.05) is 19.8 Å². The van der Waals surface area contributed by atoms with Gasteiger partial charge in [-0.3, -0.25) is 13.6 Å². The van der Waals surface area contributed by atoms with Gasteiger partial charge in [-0.1, -0.05) is 59.3 Å². The first-order chi connectivity index (χ1) is 18.1. The first kappa shape index (κ1) is 31.4. The molecular weight excluding hydrogens is 499 g/mol. The van der Waals surface area contributed by atoms with Gasteiger partial charge < -0.3 is 23.7 Å². The third-order valence-electron chi connectivity index (χ3n) is 7.05. The standard InChI is InChI=1S/C27H51O9P/c1-4-7-16-29-21-23-24(30-17-8-5-2)25(31-18-9-6-3)26(36-37(28)32-19-13-20-33-37)27(35-23)34-22-14-11-10-12-15-22/h22-27H,4-21H2,1-3H3. The zero-order valence-corrected chi connectivity index (χ0v) is 24.2. The van der Waals surface area contributed by atoms with E-state index >= 15 is 0 Å². The van der Waals surface area contributed by atoms with Gasteiger partial charge in [-0.25, -0.2) is 4.57 Å². The van der Waals surface area contributed by atoms with Crippen molar-refractivity contribution in [2.75, 3.05) is 39.6 Å². The van der Waals surface area contributed by atoms with Gasteiger partial charge in [0.15, 0.2) is 6.29 Å². The second-order valence-corrected chi connectivity index (χ2v) is 11.9. The van der Waals surface area contributed by atoms with E-state index in [0.29, 0.717) is 46.1 Å². The third-order valence-corrected chi connectivity index (χ3v) is 8.55. The van der Waals surface area contributed by atoms with Crippen molar-refractivity contribution >= 4 is 7.82 Å². The van der Waals surface area contributed by atoms with E-state index < -0.39 is 38.5 Å². The average molecular weight is 551 g/mol. The van der Waals surface area contributed by atoms with Crippen LogP contribution in [0.25, 0.3) is 0 Å². The third kappa shape index (κ3) is 10.4. The Morgan fingerprint density at radius 1 is 0.757 bits per heavy atom. The minimum absolute atomic E-state index is 0.0505. The maximum absolute atomic E-state index is 13.4. The van der Waals surface area contributed by atoms with Crippen molar-refractivity contribution in [2.24, 2.45) is 0 Å². The van der Waals surface area contributed by atoms with Crippen molar-refractivity contribution < 1.29 is 41.8 Å². The van der Waals surface area contributed by atoms with Crippen LogP contribution in [-0.4, -0.2) is 76.5 Å². The lowest BCUT2D eigenvalue weighted by atomic mass is 9.96. The summed E-state index contributed by atoms with van der Waals surface area (Å²) in [6.07, 6.45) is 8.93. The van der Waals surface area contributed by atoms with E-state index in [0.717, 1.165) is 64.2 Å². The Hall–Kier alpha value is -0.0900. The topological polar surface area (TPSA) is 90.9 Å². The van der Waals surface area contributed by atoms with Gasteiger partial charge in [0.2, 0.25) is 0 Å². The molecule has 3 fully saturated rings. The average Bonchev–Trinajstić information content (AvgIpc) is 2.90. The predicted octanol–water partition coefficient (Wildman–Crippen LogP) is 6.18. The van der Waals surface area contributed by atoms with E-state index in [2.05, 4.69) is 20.8 Å². The molecule has 5 unspecified atom stereocenters. The molecule has 5 atom stereocenters. The molecule has 2 heterocycles. The minimum atomic E-state index is -3.78. The van der Waals surface area contributed by atoms with Crippen LogP contribution in [0.2, 0.25) is 0 Å². The molecule has 37 heavy (non-hydrogen) atoms. The maximum Gasteiger partial charge on any atom is 0.475 e. The Bertz CT molecular complexity index is 635. The molecule has 2 saturated heterocycles. The highest BCUT2D eigenvalue weighted by atomic mass is 31.2. The molecule has 3 aliphatic rings. The number of hydrogen-bond acceptors (Lipinski definition) is 9. The summed E-state index contributed by atoms with van der Waals surface area (Å²) >= 11 is 0. The molecule has 1 aliphatic carbocycles. The molecule has 0 aromatic heterocycles. The van der Waals surface area contributed by atoms with Crippen molar-refractivity contribution in [3.8, 4) is 0 Å². The van der Waals surface area contributed by atoms with Crippen LogP contribution in [0.1, 0.15) is 97.8 Å². The molecule has 0 aromatic carbocycles. The summed E-state index contributed by atoms with van der Waals surface area (Å²) in [6, 6.07) is 0. The van der Waals surface area contributed by atoms with Crippen molar-refractivity contribution in [2.45, 2.75) is 135 Å². The summed E-state index contributed by atoms with van der Waals surface area (Å²) in [5, 5.41) is 0. The van der Waals surface area contributed by atoms with Crippen LogP contribution in [0, 0.1) is 0 Å². The SMILES string of the molecule is CCCCOCC1OC(OC2CCCCC2)C(OP2(=O)OCCCO2)C(OCCCC)C1OCCCC. The van der Waals surface area contributed by atoms with Gasteiger partial charge in [-0.05, 0) is 38.5 Å². The smallest absolute Gasteiger partial charge is 0.379 e. The normalized spacial score (nSPS) is 30.9. The lowest BCUT2D eigenvalue weighted by Crippen LogP contribution is -2.62. The lowest BCUT2D eigenvalue weighted by Gasteiger charge is -2.47.